The van der Waals surface area contributed by atoms with Crippen LogP contribution in [0.5, 0.6) is 0 Å². The van der Waals surface area contributed by atoms with Crippen LogP contribution in [0.4, 0.5) is 0 Å². The van der Waals surface area contributed by atoms with Gasteiger partial charge in [-0.05, 0) is 26.1 Å². The van der Waals surface area contributed by atoms with Gasteiger partial charge in [0, 0.05) is 6.42 Å². The zero-order valence-corrected chi connectivity index (χ0v) is 13.6. The van der Waals surface area contributed by atoms with E-state index in [1.54, 1.807) is 0 Å². The molecule has 0 aromatic heterocycles. The zero-order chi connectivity index (χ0) is 14.9. The Kier molecular flexibility index (Phi) is 19.0. The van der Waals surface area contributed by atoms with Crippen LogP contribution in [-0.2, 0) is 4.79 Å². The molecule has 1 saturated carbocycles. The van der Waals surface area contributed by atoms with Gasteiger partial charge in [0.1, 0.15) is 0 Å². The molecule has 1 aliphatic carbocycles. The summed E-state index contributed by atoms with van der Waals surface area (Å²) < 4.78 is 0. The lowest BCUT2D eigenvalue weighted by Crippen LogP contribution is -2.21. The molecule has 19 heavy (non-hydrogen) atoms. The molecule has 0 spiro atoms. The van der Waals surface area contributed by atoms with Crippen LogP contribution in [0.25, 0.3) is 0 Å². The third-order valence-corrected chi connectivity index (χ3v) is 3.31. The minimum atomic E-state index is -0.711. The van der Waals surface area contributed by atoms with E-state index >= 15 is 0 Å². The van der Waals surface area contributed by atoms with Gasteiger partial charge in [-0.25, -0.2) is 0 Å². The maximum absolute atomic E-state index is 9.60. The second-order valence-corrected chi connectivity index (χ2v) is 4.88. The molecule has 0 unspecified atom stereocenters. The van der Waals surface area contributed by atoms with Crippen LogP contribution in [0.15, 0.2) is 0 Å². The normalized spacial score (nSPS) is 13.9. The average molecular weight is 273 g/mol. The summed E-state index contributed by atoms with van der Waals surface area (Å²) in [6, 6.07) is 0. The molecule has 1 aliphatic rings. The molecular weight excluding hydrogens is 238 g/mol. The highest BCUT2D eigenvalue weighted by atomic mass is 16.4. The first kappa shape index (κ1) is 20.7. The van der Waals surface area contributed by atoms with Crippen molar-refractivity contribution in [3.05, 3.63) is 0 Å². The SMILES string of the molecule is C1CCCCC1.CCCC(=O)O.CCN(CC)CC. The summed E-state index contributed by atoms with van der Waals surface area (Å²) in [7, 11) is 0. The van der Waals surface area contributed by atoms with Gasteiger partial charge in [-0.3, -0.25) is 4.79 Å². The third kappa shape index (κ3) is 19.9. The van der Waals surface area contributed by atoms with E-state index in [0.717, 1.165) is 6.42 Å². The van der Waals surface area contributed by atoms with Crippen LogP contribution < -0.4 is 0 Å². The van der Waals surface area contributed by atoms with Crippen LogP contribution in [0.2, 0.25) is 0 Å². The minimum Gasteiger partial charge on any atom is -0.481 e. The van der Waals surface area contributed by atoms with Crippen molar-refractivity contribution in [2.45, 2.75) is 79.1 Å². The largest absolute Gasteiger partial charge is 0.481 e. The van der Waals surface area contributed by atoms with E-state index in [-0.39, 0.29) is 0 Å². The molecular formula is C16H35NO2. The summed E-state index contributed by atoms with van der Waals surface area (Å²) in [5.41, 5.74) is 0. The fourth-order valence-electron chi connectivity index (χ4n) is 1.95. The Morgan fingerprint density at radius 2 is 1.16 bits per heavy atom. The first-order valence-electron chi connectivity index (χ1n) is 8.06. The van der Waals surface area contributed by atoms with E-state index < -0.39 is 5.97 Å². The maximum atomic E-state index is 9.60. The number of rotatable bonds is 5. The highest BCUT2D eigenvalue weighted by Gasteiger charge is 1.95. The second-order valence-electron chi connectivity index (χ2n) is 4.88. The summed E-state index contributed by atoms with van der Waals surface area (Å²) in [6.45, 7) is 12.0. The van der Waals surface area contributed by atoms with Gasteiger partial charge in [-0.2, -0.15) is 0 Å². The lowest BCUT2D eigenvalue weighted by Gasteiger charge is -2.13. The van der Waals surface area contributed by atoms with E-state index in [2.05, 4.69) is 25.7 Å². The Hall–Kier alpha value is -0.570. The molecule has 3 heteroatoms. The molecule has 1 N–H and O–H groups in total. The Morgan fingerprint density at radius 1 is 0.842 bits per heavy atom. The molecule has 0 saturated heterocycles. The molecule has 0 amide bonds. The number of carboxylic acid groups (broad SMARTS) is 1. The van der Waals surface area contributed by atoms with Crippen LogP contribution >= 0.6 is 0 Å². The van der Waals surface area contributed by atoms with Gasteiger partial charge in [0.05, 0.1) is 0 Å². The first-order chi connectivity index (χ1) is 9.12. The quantitative estimate of drug-likeness (QED) is 0.798. The predicted octanol–water partition coefficient (Wildman–Crippen LogP) is 4.56. The van der Waals surface area contributed by atoms with Crippen molar-refractivity contribution in [1.82, 2.24) is 4.90 Å². The summed E-state index contributed by atoms with van der Waals surface area (Å²) in [4.78, 5) is 12.0. The number of nitrogens with zero attached hydrogens (tertiary/aromatic N) is 1. The average Bonchev–Trinajstić information content (AvgIpc) is 2.44. The summed E-state index contributed by atoms with van der Waals surface area (Å²) in [5.74, 6) is -0.711. The Balaban J connectivity index is 0. The zero-order valence-electron chi connectivity index (χ0n) is 13.6. The Labute approximate surface area is 120 Å². The molecule has 1 fully saturated rings. The van der Waals surface area contributed by atoms with Gasteiger partial charge in [0.25, 0.3) is 0 Å². The first-order valence-corrected chi connectivity index (χ1v) is 8.06. The number of hydrogen-bond donors (Lipinski definition) is 1. The number of carboxylic acids is 1. The summed E-state index contributed by atoms with van der Waals surface area (Å²) in [6.07, 6.45) is 10.0. The van der Waals surface area contributed by atoms with Crippen molar-refractivity contribution in [2.75, 3.05) is 19.6 Å². The Bertz CT molecular complexity index is 159. The molecule has 0 heterocycles. The van der Waals surface area contributed by atoms with E-state index in [0.29, 0.717) is 6.42 Å². The lowest BCUT2D eigenvalue weighted by molar-refractivity contribution is -0.137. The smallest absolute Gasteiger partial charge is 0.303 e. The van der Waals surface area contributed by atoms with Gasteiger partial charge in [0.15, 0.2) is 0 Å². The second kappa shape index (κ2) is 17.4. The van der Waals surface area contributed by atoms with Crippen molar-refractivity contribution in [3.63, 3.8) is 0 Å². The maximum Gasteiger partial charge on any atom is 0.303 e. The van der Waals surface area contributed by atoms with Crippen LogP contribution in [0, 0.1) is 0 Å². The molecule has 116 valence electrons. The predicted molar refractivity (Wildman–Crippen MR) is 83.7 cm³/mol. The highest BCUT2D eigenvalue weighted by molar-refractivity contribution is 5.66. The standard InChI is InChI=1S/C6H15N.C6H12.C4H8O2/c1-4-7(5-2)6-3;1-2-4-6-5-3-1;1-2-3-4(5)6/h4-6H2,1-3H3;1-6H2;2-3H2,1H3,(H,5,6). The molecule has 0 bridgehead atoms. The van der Waals surface area contributed by atoms with Gasteiger partial charge in [-0.15, -0.1) is 0 Å². The van der Waals surface area contributed by atoms with Crippen molar-refractivity contribution in [2.24, 2.45) is 0 Å². The van der Waals surface area contributed by atoms with Crippen molar-refractivity contribution < 1.29 is 9.90 Å². The minimum absolute atomic E-state index is 0.292. The fraction of sp³-hybridized carbons (Fsp3) is 0.938. The van der Waals surface area contributed by atoms with Gasteiger partial charge >= 0.3 is 5.97 Å². The highest BCUT2D eigenvalue weighted by Crippen LogP contribution is 2.15. The number of hydrogen-bond acceptors (Lipinski definition) is 2. The topological polar surface area (TPSA) is 40.5 Å². The van der Waals surface area contributed by atoms with E-state index in [9.17, 15) is 4.79 Å². The van der Waals surface area contributed by atoms with E-state index in [1.165, 1.54) is 58.2 Å². The van der Waals surface area contributed by atoms with Gasteiger partial charge in [-0.1, -0.05) is 66.2 Å². The van der Waals surface area contributed by atoms with Gasteiger partial charge in [0.2, 0.25) is 0 Å². The fourth-order valence-corrected chi connectivity index (χ4v) is 1.95. The van der Waals surface area contributed by atoms with Crippen LogP contribution in [0.1, 0.15) is 79.1 Å². The lowest BCUT2D eigenvalue weighted by atomic mass is 10.0. The summed E-state index contributed by atoms with van der Waals surface area (Å²) >= 11 is 0. The molecule has 0 aromatic rings. The summed E-state index contributed by atoms with van der Waals surface area (Å²) in [5, 5.41) is 7.91. The number of aliphatic carboxylic acids is 1. The van der Waals surface area contributed by atoms with Crippen molar-refractivity contribution in [3.8, 4) is 0 Å². The van der Waals surface area contributed by atoms with E-state index in [4.69, 9.17) is 5.11 Å². The van der Waals surface area contributed by atoms with E-state index in [1.807, 2.05) is 6.92 Å². The van der Waals surface area contributed by atoms with Crippen molar-refractivity contribution in [1.29, 1.82) is 0 Å². The molecule has 0 radical (unpaired) electrons. The molecule has 1 rings (SSSR count). The third-order valence-electron chi connectivity index (χ3n) is 3.31. The molecule has 0 aromatic carbocycles. The number of carbonyl (C=O) groups is 1. The van der Waals surface area contributed by atoms with Crippen molar-refractivity contribution >= 4 is 5.97 Å². The Morgan fingerprint density at radius 3 is 1.21 bits per heavy atom. The molecule has 0 atom stereocenters. The van der Waals surface area contributed by atoms with Crippen LogP contribution in [-0.4, -0.2) is 35.6 Å². The monoisotopic (exact) mass is 273 g/mol. The van der Waals surface area contributed by atoms with Crippen LogP contribution in [0.3, 0.4) is 0 Å². The molecule has 3 nitrogen and oxygen atoms in total. The molecule has 0 aliphatic heterocycles. The van der Waals surface area contributed by atoms with Gasteiger partial charge < -0.3 is 10.0 Å².